The molecule has 0 saturated carbocycles. The fraction of sp³-hybridized carbons (Fsp3) is 0.316. The van der Waals surface area contributed by atoms with Crippen LogP contribution in [0.2, 0.25) is 5.02 Å². The first-order chi connectivity index (χ1) is 11.7. The van der Waals surface area contributed by atoms with E-state index in [4.69, 9.17) is 23.8 Å². The number of piperidine rings is 1. The van der Waals surface area contributed by atoms with Crippen molar-refractivity contribution in [3.05, 3.63) is 59.1 Å². The van der Waals surface area contributed by atoms with Gasteiger partial charge in [0, 0.05) is 25.3 Å². The van der Waals surface area contributed by atoms with E-state index in [2.05, 4.69) is 39.8 Å². The van der Waals surface area contributed by atoms with Crippen molar-refractivity contribution in [1.29, 1.82) is 0 Å². The zero-order chi connectivity index (χ0) is 16.8. The number of benzene rings is 2. The monoisotopic (exact) mass is 359 g/mol. The summed E-state index contributed by atoms with van der Waals surface area (Å²) in [6.07, 6.45) is 3.95. The molecule has 2 N–H and O–H groups in total. The van der Waals surface area contributed by atoms with Crippen LogP contribution >= 0.6 is 23.8 Å². The maximum atomic E-state index is 6.12. The number of thiocarbonyl (C=S) groups is 1. The molecule has 1 aliphatic heterocycles. The van der Waals surface area contributed by atoms with E-state index in [1.165, 1.54) is 43.6 Å². The predicted octanol–water partition coefficient (Wildman–Crippen LogP) is 4.82. The van der Waals surface area contributed by atoms with E-state index in [1.807, 2.05) is 24.3 Å². The molecule has 0 aromatic heterocycles. The summed E-state index contributed by atoms with van der Waals surface area (Å²) in [5, 5.41) is 7.58. The first kappa shape index (κ1) is 17.1. The second-order valence-corrected chi connectivity index (χ2v) is 6.82. The molecule has 0 spiro atoms. The van der Waals surface area contributed by atoms with Gasteiger partial charge in [0.2, 0.25) is 0 Å². The highest BCUT2D eigenvalue weighted by Crippen LogP contribution is 2.21. The highest BCUT2D eigenvalue weighted by molar-refractivity contribution is 7.80. The molecular formula is C19H22ClN3S. The third-order valence-electron chi connectivity index (χ3n) is 4.23. The van der Waals surface area contributed by atoms with Gasteiger partial charge in [-0.25, -0.2) is 0 Å². The Bertz CT molecular complexity index is 681. The summed E-state index contributed by atoms with van der Waals surface area (Å²) >= 11 is 11.5. The van der Waals surface area contributed by atoms with E-state index in [9.17, 15) is 0 Å². The fourth-order valence-electron chi connectivity index (χ4n) is 2.89. The summed E-state index contributed by atoms with van der Waals surface area (Å²) < 4.78 is 0. The van der Waals surface area contributed by atoms with E-state index in [0.29, 0.717) is 16.7 Å². The number of hydrogen-bond acceptors (Lipinski definition) is 2. The number of anilines is 2. The molecule has 1 saturated heterocycles. The molecule has 1 fully saturated rings. The SMILES string of the molecule is S=C(NCc1ccc(N2CCCCC2)cc1)Nc1ccccc1Cl. The molecule has 2 aromatic rings. The lowest BCUT2D eigenvalue weighted by atomic mass is 10.1. The Morgan fingerprint density at radius 1 is 1.00 bits per heavy atom. The first-order valence-corrected chi connectivity index (χ1v) is 9.14. The third-order valence-corrected chi connectivity index (χ3v) is 4.81. The van der Waals surface area contributed by atoms with Gasteiger partial charge in [-0.1, -0.05) is 35.9 Å². The van der Waals surface area contributed by atoms with Crippen molar-refractivity contribution in [3.8, 4) is 0 Å². The number of nitrogens with zero attached hydrogens (tertiary/aromatic N) is 1. The van der Waals surface area contributed by atoms with Gasteiger partial charge in [-0.2, -0.15) is 0 Å². The van der Waals surface area contributed by atoms with Gasteiger partial charge in [-0.15, -0.1) is 0 Å². The molecule has 1 aliphatic rings. The Hall–Kier alpha value is -1.78. The number of para-hydroxylation sites is 1. The van der Waals surface area contributed by atoms with Crippen molar-refractivity contribution in [3.63, 3.8) is 0 Å². The molecule has 0 unspecified atom stereocenters. The van der Waals surface area contributed by atoms with E-state index in [1.54, 1.807) is 0 Å². The standard InChI is InChI=1S/C19H22ClN3S/c20-17-6-2-3-7-18(17)22-19(24)21-14-15-8-10-16(11-9-15)23-12-4-1-5-13-23/h2-3,6-11H,1,4-5,12-14H2,(H2,21,22,24). The number of nitrogens with one attached hydrogen (secondary N) is 2. The lowest BCUT2D eigenvalue weighted by Crippen LogP contribution is -2.29. The van der Waals surface area contributed by atoms with Gasteiger partial charge >= 0.3 is 0 Å². The molecule has 0 radical (unpaired) electrons. The fourth-order valence-corrected chi connectivity index (χ4v) is 3.25. The average molecular weight is 360 g/mol. The highest BCUT2D eigenvalue weighted by Gasteiger charge is 2.10. The van der Waals surface area contributed by atoms with E-state index in [-0.39, 0.29) is 0 Å². The molecule has 5 heteroatoms. The lowest BCUT2D eigenvalue weighted by molar-refractivity contribution is 0.578. The highest BCUT2D eigenvalue weighted by atomic mass is 35.5. The van der Waals surface area contributed by atoms with Gasteiger partial charge in [0.15, 0.2) is 5.11 Å². The summed E-state index contributed by atoms with van der Waals surface area (Å²) in [7, 11) is 0. The van der Waals surface area contributed by atoms with Gasteiger partial charge in [0.1, 0.15) is 0 Å². The summed E-state index contributed by atoms with van der Waals surface area (Å²) in [6, 6.07) is 16.3. The van der Waals surface area contributed by atoms with Gasteiger partial charge in [-0.05, 0) is 61.3 Å². The normalized spacial score (nSPS) is 14.3. The maximum absolute atomic E-state index is 6.12. The second-order valence-electron chi connectivity index (χ2n) is 6.00. The van der Waals surface area contributed by atoms with Crippen LogP contribution in [0.15, 0.2) is 48.5 Å². The van der Waals surface area contributed by atoms with E-state index < -0.39 is 0 Å². The van der Waals surface area contributed by atoms with Gasteiger partial charge in [-0.3, -0.25) is 0 Å². The van der Waals surface area contributed by atoms with Crippen LogP contribution in [0.4, 0.5) is 11.4 Å². The topological polar surface area (TPSA) is 27.3 Å². The Balaban J connectivity index is 1.51. The molecule has 126 valence electrons. The maximum Gasteiger partial charge on any atom is 0.171 e. The molecule has 3 nitrogen and oxygen atoms in total. The summed E-state index contributed by atoms with van der Waals surface area (Å²) in [6.45, 7) is 3.03. The van der Waals surface area contributed by atoms with Crippen LogP contribution in [0.25, 0.3) is 0 Å². The van der Waals surface area contributed by atoms with Crippen LogP contribution < -0.4 is 15.5 Å². The van der Waals surface area contributed by atoms with Crippen molar-refractivity contribution < 1.29 is 0 Å². The average Bonchev–Trinajstić information content (AvgIpc) is 2.63. The van der Waals surface area contributed by atoms with Gasteiger partial charge in [0.25, 0.3) is 0 Å². The Kier molecular flexibility index (Phi) is 5.94. The quantitative estimate of drug-likeness (QED) is 0.765. The van der Waals surface area contributed by atoms with Crippen molar-refractivity contribution in [2.75, 3.05) is 23.3 Å². The molecule has 0 amide bonds. The Morgan fingerprint density at radius 2 is 1.71 bits per heavy atom. The Labute approximate surface area is 154 Å². The second kappa shape index (κ2) is 8.36. The number of hydrogen-bond donors (Lipinski definition) is 2. The van der Waals surface area contributed by atoms with E-state index >= 15 is 0 Å². The smallest absolute Gasteiger partial charge is 0.171 e. The third kappa shape index (κ3) is 4.62. The van der Waals surface area contributed by atoms with Crippen LogP contribution in [0, 0.1) is 0 Å². The van der Waals surface area contributed by atoms with Gasteiger partial charge in [0.05, 0.1) is 10.7 Å². The van der Waals surface area contributed by atoms with Crippen LogP contribution in [0.1, 0.15) is 24.8 Å². The minimum absolute atomic E-state index is 0.572. The molecule has 0 bridgehead atoms. The van der Waals surface area contributed by atoms with Crippen LogP contribution in [-0.4, -0.2) is 18.2 Å². The zero-order valence-corrected chi connectivity index (χ0v) is 15.2. The van der Waals surface area contributed by atoms with Crippen LogP contribution in [-0.2, 0) is 6.54 Å². The minimum Gasteiger partial charge on any atom is -0.372 e. The van der Waals surface area contributed by atoms with Gasteiger partial charge < -0.3 is 15.5 Å². The zero-order valence-electron chi connectivity index (χ0n) is 13.6. The number of rotatable bonds is 4. The molecular weight excluding hydrogens is 338 g/mol. The van der Waals surface area contributed by atoms with Crippen molar-refractivity contribution in [1.82, 2.24) is 5.32 Å². The molecule has 0 atom stereocenters. The largest absolute Gasteiger partial charge is 0.372 e. The molecule has 2 aromatic carbocycles. The van der Waals surface area contributed by atoms with E-state index in [0.717, 1.165) is 5.69 Å². The first-order valence-electron chi connectivity index (χ1n) is 8.35. The molecule has 3 rings (SSSR count). The number of halogens is 1. The summed E-state index contributed by atoms with van der Waals surface area (Å²) in [4.78, 5) is 2.46. The van der Waals surface area contributed by atoms with Crippen LogP contribution in [0.5, 0.6) is 0 Å². The predicted molar refractivity (Wildman–Crippen MR) is 107 cm³/mol. The summed E-state index contributed by atoms with van der Waals surface area (Å²) in [5.74, 6) is 0. The Morgan fingerprint density at radius 3 is 2.42 bits per heavy atom. The summed E-state index contributed by atoms with van der Waals surface area (Å²) in [5.41, 5.74) is 3.34. The molecule has 1 heterocycles. The van der Waals surface area contributed by atoms with Crippen molar-refractivity contribution in [2.24, 2.45) is 0 Å². The molecule has 24 heavy (non-hydrogen) atoms. The lowest BCUT2D eigenvalue weighted by Gasteiger charge is -2.28. The van der Waals surface area contributed by atoms with Crippen molar-refractivity contribution in [2.45, 2.75) is 25.8 Å². The van der Waals surface area contributed by atoms with Crippen molar-refractivity contribution >= 4 is 40.3 Å². The van der Waals surface area contributed by atoms with Crippen LogP contribution in [0.3, 0.4) is 0 Å². The molecule has 0 aliphatic carbocycles. The minimum atomic E-state index is 0.572.